The Hall–Kier alpha value is 0.120. The van der Waals surface area contributed by atoms with Crippen LogP contribution < -0.4 is 0 Å². The zero-order valence-electron chi connectivity index (χ0n) is 14.4. The van der Waals surface area contributed by atoms with Gasteiger partial charge in [0, 0.05) is 5.75 Å². The first-order valence-electron chi connectivity index (χ1n) is 7.63. The van der Waals surface area contributed by atoms with E-state index < -0.39 is 19.6 Å². The predicted molar refractivity (Wildman–Crippen MR) is 95.8 cm³/mol. The van der Waals surface area contributed by atoms with Gasteiger partial charge >= 0.3 is 6.16 Å². The van der Waals surface area contributed by atoms with E-state index in [4.69, 9.17) is 14.2 Å². The van der Waals surface area contributed by atoms with E-state index in [-0.39, 0.29) is 16.7 Å². The Balaban J connectivity index is 0.000000231. The second-order valence-corrected chi connectivity index (χ2v) is 11.3. The van der Waals surface area contributed by atoms with Crippen molar-refractivity contribution in [2.24, 2.45) is 0 Å². The van der Waals surface area contributed by atoms with Gasteiger partial charge < -0.3 is 23.5 Å². The number of hydrogen-bond donors (Lipinski definition) is 0. The third-order valence-corrected chi connectivity index (χ3v) is 7.74. The van der Waals surface area contributed by atoms with E-state index in [9.17, 15) is 9.36 Å². The molecule has 0 saturated carbocycles. The molecule has 2 saturated heterocycles. The summed E-state index contributed by atoms with van der Waals surface area (Å²) < 4.78 is 31.6. The lowest BCUT2D eigenvalue weighted by Gasteiger charge is -2.14. The molecule has 4 unspecified atom stereocenters. The minimum absolute atomic E-state index is 0.0115. The Labute approximate surface area is 147 Å². The minimum atomic E-state index is -2.01. The van der Waals surface area contributed by atoms with Crippen LogP contribution in [0.4, 0.5) is 4.79 Å². The number of methoxy groups -OCH3 is 1. The molecular weight excluding hydrogens is 359 g/mol. The summed E-state index contributed by atoms with van der Waals surface area (Å²) in [6.07, 6.45) is 0.817. The monoisotopic (exact) mass is 386 g/mol. The van der Waals surface area contributed by atoms with Gasteiger partial charge in [-0.1, -0.05) is 13.8 Å². The molecule has 2 aliphatic rings. The van der Waals surface area contributed by atoms with Gasteiger partial charge in [0.25, 0.3) is 0 Å². The summed E-state index contributed by atoms with van der Waals surface area (Å²) in [5.74, 6) is 1.61. The lowest BCUT2D eigenvalue weighted by atomic mass is 10.5. The van der Waals surface area contributed by atoms with E-state index in [0.717, 1.165) is 18.6 Å². The highest BCUT2D eigenvalue weighted by molar-refractivity contribution is 8.00. The van der Waals surface area contributed by atoms with Crippen LogP contribution in [-0.4, -0.2) is 61.1 Å². The zero-order valence-corrected chi connectivity index (χ0v) is 16.9. The molecule has 0 amide bonds. The summed E-state index contributed by atoms with van der Waals surface area (Å²) in [5.41, 5.74) is 0.438. The highest BCUT2D eigenvalue weighted by Crippen LogP contribution is 2.49. The number of ether oxygens (including phenoxy) is 4. The van der Waals surface area contributed by atoms with E-state index in [0.29, 0.717) is 5.75 Å². The van der Waals surface area contributed by atoms with Gasteiger partial charge in [0.2, 0.25) is 6.29 Å². The number of thioether (sulfide) groups is 2. The first-order valence-corrected chi connectivity index (χ1v) is 12.4. The van der Waals surface area contributed by atoms with E-state index in [1.54, 1.807) is 36.9 Å². The van der Waals surface area contributed by atoms with Crippen molar-refractivity contribution in [1.29, 1.82) is 0 Å². The molecule has 0 bridgehead atoms. The van der Waals surface area contributed by atoms with Crippen LogP contribution in [0.3, 0.4) is 0 Å². The van der Waals surface area contributed by atoms with Crippen LogP contribution in [0.15, 0.2) is 0 Å². The largest absolute Gasteiger partial charge is 0.510 e. The summed E-state index contributed by atoms with van der Waals surface area (Å²) in [4.78, 5) is 10.6. The van der Waals surface area contributed by atoms with Gasteiger partial charge in [0.15, 0.2) is 0 Å². The highest BCUT2D eigenvalue weighted by atomic mass is 32.2. The van der Waals surface area contributed by atoms with Crippen LogP contribution in [-0.2, 0) is 23.5 Å². The molecule has 2 aliphatic heterocycles. The maximum Gasteiger partial charge on any atom is 0.510 e. The Morgan fingerprint density at radius 1 is 1.13 bits per heavy atom. The SMILES string of the molecule is CCC1OC(OC(=O)OC)CS1.CCC1OC(P(C)(C)=O)CS1. The number of rotatable bonds is 4. The first kappa shape index (κ1) is 21.2. The van der Waals surface area contributed by atoms with Crippen molar-refractivity contribution in [1.82, 2.24) is 0 Å². The fourth-order valence-corrected chi connectivity index (χ4v) is 5.93. The first-order chi connectivity index (χ1) is 10.8. The molecule has 2 rings (SSSR count). The van der Waals surface area contributed by atoms with Crippen molar-refractivity contribution in [2.45, 2.75) is 49.7 Å². The van der Waals surface area contributed by atoms with Crippen molar-refractivity contribution in [3.8, 4) is 0 Å². The molecule has 0 aromatic carbocycles. The molecule has 2 fully saturated rings. The molecule has 9 heteroatoms. The van der Waals surface area contributed by atoms with E-state index in [1.165, 1.54) is 7.11 Å². The average molecular weight is 386 g/mol. The van der Waals surface area contributed by atoms with Gasteiger partial charge in [-0.3, -0.25) is 0 Å². The summed E-state index contributed by atoms with van der Waals surface area (Å²) in [6.45, 7) is 7.72. The standard InChI is InChI=1S/C7H12O4S.C7H15O2PS/c1-3-6-10-5(4-12-6)11-7(8)9-2;1-4-7-9-6(5-11-7)10(2,3)8/h5-6H,3-4H2,1-2H3;6-7H,4-5H2,1-3H3. The molecule has 0 aliphatic carbocycles. The van der Waals surface area contributed by atoms with Crippen molar-refractivity contribution < 1.29 is 28.3 Å². The molecule has 6 nitrogen and oxygen atoms in total. The molecule has 136 valence electrons. The third kappa shape index (κ3) is 7.69. The lowest BCUT2D eigenvalue weighted by Crippen LogP contribution is -2.20. The van der Waals surface area contributed by atoms with Crippen molar-refractivity contribution in [3.63, 3.8) is 0 Å². The second kappa shape index (κ2) is 10.2. The fourth-order valence-electron chi connectivity index (χ4n) is 1.85. The molecule has 0 aromatic heterocycles. The van der Waals surface area contributed by atoms with Crippen LogP contribution >= 0.6 is 30.7 Å². The highest BCUT2D eigenvalue weighted by Gasteiger charge is 2.32. The number of carbonyl (C=O) groups is 1. The minimum Gasteiger partial charge on any atom is -0.438 e. The fraction of sp³-hybridized carbons (Fsp3) is 0.929. The predicted octanol–water partition coefficient (Wildman–Crippen LogP) is 4.03. The van der Waals surface area contributed by atoms with E-state index in [1.807, 2.05) is 6.92 Å². The van der Waals surface area contributed by atoms with Crippen molar-refractivity contribution in [2.75, 3.05) is 31.9 Å². The van der Waals surface area contributed by atoms with Gasteiger partial charge in [0.1, 0.15) is 23.9 Å². The molecule has 0 N–H and O–H groups in total. The molecular formula is C14H27O6PS2. The molecule has 0 aromatic rings. The summed E-state index contributed by atoms with van der Waals surface area (Å²) >= 11 is 3.43. The molecule has 2 heterocycles. The van der Waals surface area contributed by atoms with E-state index in [2.05, 4.69) is 11.7 Å². The number of carbonyl (C=O) groups excluding carboxylic acids is 1. The average Bonchev–Trinajstić information content (AvgIpc) is 3.15. The smallest absolute Gasteiger partial charge is 0.438 e. The Morgan fingerprint density at radius 3 is 2.09 bits per heavy atom. The van der Waals surface area contributed by atoms with Gasteiger partial charge in [-0.05, 0) is 26.2 Å². The number of hydrogen-bond acceptors (Lipinski definition) is 8. The lowest BCUT2D eigenvalue weighted by molar-refractivity contribution is -0.103. The van der Waals surface area contributed by atoms with Crippen LogP contribution in [0.5, 0.6) is 0 Å². The summed E-state index contributed by atoms with van der Waals surface area (Å²) in [6, 6.07) is 0. The molecule has 23 heavy (non-hydrogen) atoms. The van der Waals surface area contributed by atoms with Gasteiger partial charge in [-0.25, -0.2) is 4.79 Å². The molecule has 0 spiro atoms. The Bertz CT molecular complexity index is 416. The topological polar surface area (TPSA) is 71.1 Å². The summed E-state index contributed by atoms with van der Waals surface area (Å²) in [5, 5.41) is 0. The van der Waals surface area contributed by atoms with Gasteiger partial charge in [-0.15, -0.1) is 23.5 Å². The second-order valence-electron chi connectivity index (χ2n) is 5.50. The van der Waals surface area contributed by atoms with Gasteiger partial charge in [-0.2, -0.15) is 0 Å². The third-order valence-electron chi connectivity index (χ3n) is 3.21. The van der Waals surface area contributed by atoms with Crippen LogP contribution in [0.1, 0.15) is 26.7 Å². The van der Waals surface area contributed by atoms with Crippen LogP contribution in [0.25, 0.3) is 0 Å². The maximum absolute atomic E-state index is 11.5. The molecule has 0 radical (unpaired) electrons. The van der Waals surface area contributed by atoms with Crippen molar-refractivity contribution in [3.05, 3.63) is 0 Å². The summed E-state index contributed by atoms with van der Waals surface area (Å²) in [7, 11) is -0.727. The maximum atomic E-state index is 11.5. The Kier molecular flexibility index (Phi) is 9.37. The normalized spacial score (nSPS) is 30.5. The molecule has 4 atom stereocenters. The zero-order chi connectivity index (χ0) is 17.5. The quantitative estimate of drug-likeness (QED) is 0.530. The van der Waals surface area contributed by atoms with Crippen LogP contribution in [0, 0.1) is 0 Å². The van der Waals surface area contributed by atoms with Crippen molar-refractivity contribution >= 4 is 36.8 Å². The van der Waals surface area contributed by atoms with Crippen LogP contribution in [0.2, 0.25) is 0 Å². The van der Waals surface area contributed by atoms with E-state index >= 15 is 0 Å². The Morgan fingerprint density at radius 2 is 1.70 bits per heavy atom. The van der Waals surface area contributed by atoms with Gasteiger partial charge in [0.05, 0.1) is 12.9 Å².